The van der Waals surface area contributed by atoms with Gasteiger partial charge in [0, 0.05) is 10.6 Å². The number of carbonyl (C=O) groups is 1. The Kier molecular flexibility index (Phi) is 5.31. The molecule has 2 aromatic rings. The van der Waals surface area contributed by atoms with Gasteiger partial charge in [0.2, 0.25) is 0 Å². The van der Waals surface area contributed by atoms with Crippen LogP contribution in [0, 0.1) is 0 Å². The van der Waals surface area contributed by atoms with Crippen LogP contribution in [0.2, 0.25) is 5.02 Å². The van der Waals surface area contributed by atoms with Gasteiger partial charge in [-0.1, -0.05) is 11.6 Å². The average molecular weight is 383 g/mol. The lowest BCUT2D eigenvalue weighted by Crippen LogP contribution is -2.12. The number of hydrogen-bond acceptors (Lipinski definition) is 2. The minimum absolute atomic E-state index is 0.142. The highest BCUT2D eigenvalue weighted by Crippen LogP contribution is 2.40. The van der Waals surface area contributed by atoms with Crippen LogP contribution in [0.3, 0.4) is 0 Å². The van der Waals surface area contributed by atoms with Gasteiger partial charge in [0.05, 0.1) is 11.1 Å². The summed E-state index contributed by atoms with van der Waals surface area (Å²) in [7, 11) is 0. The number of halogens is 7. The van der Waals surface area contributed by atoms with E-state index >= 15 is 0 Å². The summed E-state index contributed by atoms with van der Waals surface area (Å²) in [6.07, 6.45) is -9.23. The van der Waals surface area contributed by atoms with E-state index in [0.29, 0.717) is 18.4 Å². The molecule has 0 amide bonds. The van der Waals surface area contributed by atoms with Gasteiger partial charge in [-0.2, -0.15) is 26.3 Å². The summed E-state index contributed by atoms with van der Waals surface area (Å²) in [6, 6.07) is 4.89. The topological polar surface area (TPSA) is 26.3 Å². The number of aldehydes is 1. The predicted molar refractivity (Wildman–Crippen MR) is 77.6 cm³/mol. The van der Waals surface area contributed by atoms with Gasteiger partial charge >= 0.3 is 12.4 Å². The van der Waals surface area contributed by atoms with Crippen molar-refractivity contribution < 1.29 is 35.9 Å². The van der Waals surface area contributed by atoms with Crippen molar-refractivity contribution in [3.05, 3.63) is 63.7 Å². The number of hydrogen-bond donors (Lipinski definition) is 0. The second-order valence-electron chi connectivity index (χ2n) is 5.01. The maximum atomic E-state index is 13.0. The number of carbonyl (C=O) groups excluding carboxylic acids is 1. The molecule has 0 aliphatic carbocycles. The molecule has 2 nitrogen and oxygen atoms in total. The quantitative estimate of drug-likeness (QED) is 0.495. The second-order valence-corrected chi connectivity index (χ2v) is 5.44. The highest BCUT2D eigenvalue weighted by Gasteiger charge is 2.37. The van der Waals surface area contributed by atoms with Crippen molar-refractivity contribution in [2.24, 2.45) is 0 Å². The second kappa shape index (κ2) is 6.95. The van der Waals surface area contributed by atoms with E-state index < -0.39 is 35.8 Å². The number of rotatable bonds is 4. The Bertz CT molecular complexity index is 783. The van der Waals surface area contributed by atoms with Crippen LogP contribution in [-0.2, 0) is 19.0 Å². The third-order valence-electron chi connectivity index (χ3n) is 3.12. The molecule has 0 aromatic heterocycles. The summed E-state index contributed by atoms with van der Waals surface area (Å²) in [6.45, 7) is -0.494. The highest BCUT2D eigenvalue weighted by molar-refractivity contribution is 6.30. The lowest BCUT2D eigenvalue weighted by molar-refractivity contribution is -0.142. The minimum atomic E-state index is -4.89. The van der Waals surface area contributed by atoms with Crippen LogP contribution in [0.1, 0.15) is 27.0 Å². The van der Waals surface area contributed by atoms with Crippen molar-refractivity contribution in [2.45, 2.75) is 19.0 Å². The Morgan fingerprint density at radius 3 is 2.20 bits per heavy atom. The third-order valence-corrected chi connectivity index (χ3v) is 3.34. The van der Waals surface area contributed by atoms with Crippen LogP contribution >= 0.6 is 11.6 Å². The number of benzene rings is 2. The van der Waals surface area contributed by atoms with Crippen molar-refractivity contribution >= 4 is 17.9 Å². The highest BCUT2D eigenvalue weighted by atomic mass is 35.5. The molecule has 0 saturated carbocycles. The molecular formula is C16H9ClF6O2. The molecule has 0 bridgehead atoms. The molecule has 0 radical (unpaired) electrons. The van der Waals surface area contributed by atoms with Crippen LogP contribution in [0.15, 0.2) is 36.4 Å². The van der Waals surface area contributed by atoms with Crippen LogP contribution in [0.25, 0.3) is 0 Å². The molecule has 0 N–H and O–H groups in total. The van der Waals surface area contributed by atoms with Crippen LogP contribution in [-0.4, -0.2) is 6.29 Å². The van der Waals surface area contributed by atoms with E-state index in [0.717, 1.165) is 0 Å². The fourth-order valence-corrected chi connectivity index (χ4v) is 2.31. The number of alkyl halides is 6. The SMILES string of the molecule is O=Cc1cc(Cl)cc(COc2cc(C(F)(F)F)ccc2C(F)(F)F)c1. The van der Waals surface area contributed by atoms with Gasteiger partial charge in [-0.05, 0) is 42.0 Å². The van der Waals surface area contributed by atoms with Crippen molar-refractivity contribution in [2.75, 3.05) is 0 Å². The molecule has 0 fully saturated rings. The van der Waals surface area contributed by atoms with E-state index in [1.165, 1.54) is 18.2 Å². The Morgan fingerprint density at radius 2 is 1.64 bits per heavy atom. The van der Waals surface area contributed by atoms with E-state index in [4.69, 9.17) is 16.3 Å². The summed E-state index contributed by atoms with van der Waals surface area (Å²) < 4.78 is 82.0. The summed E-state index contributed by atoms with van der Waals surface area (Å²) in [5, 5.41) is 0.142. The standard InChI is InChI=1S/C16H9ClF6O2/c17-12-4-9(7-24)3-10(5-12)8-25-14-6-11(15(18,19)20)1-2-13(14)16(21,22)23/h1-7H,8H2. The largest absolute Gasteiger partial charge is 0.488 e. The maximum absolute atomic E-state index is 13.0. The Labute approximate surface area is 143 Å². The molecule has 25 heavy (non-hydrogen) atoms. The van der Waals surface area contributed by atoms with Crippen molar-refractivity contribution in [3.8, 4) is 5.75 Å². The monoisotopic (exact) mass is 382 g/mol. The molecule has 0 saturated heterocycles. The smallest absolute Gasteiger partial charge is 0.419 e. The normalized spacial score (nSPS) is 12.1. The molecule has 0 atom stereocenters. The van der Waals surface area contributed by atoms with Gasteiger partial charge in [0.1, 0.15) is 18.6 Å². The first-order valence-electron chi connectivity index (χ1n) is 6.66. The fraction of sp³-hybridized carbons (Fsp3) is 0.188. The van der Waals surface area contributed by atoms with Crippen LogP contribution in [0.4, 0.5) is 26.3 Å². The van der Waals surface area contributed by atoms with Crippen molar-refractivity contribution in [3.63, 3.8) is 0 Å². The Balaban J connectivity index is 2.36. The summed E-state index contributed by atoms with van der Waals surface area (Å²) in [5.74, 6) is -0.963. The lowest BCUT2D eigenvalue weighted by Gasteiger charge is -2.16. The molecule has 0 heterocycles. The van der Waals surface area contributed by atoms with E-state index in [2.05, 4.69) is 0 Å². The molecule has 0 spiro atoms. The first kappa shape index (κ1) is 19.1. The molecule has 2 aromatic carbocycles. The van der Waals surface area contributed by atoms with Crippen LogP contribution in [0.5, 0.6) is 5.75 Å². The first-order chi connectivity index (χ1) is 11.5. The zero-order chi connectivity index (χ0) is 18.8. The zero-order valence-electron chi connectivity index (χ0n) is 12.2. The third kappa shape index (κ3) is 4.88. The lowest BCUT2D eigenvalue weighted by atomic mass is 10.1. The van der Waals surface area contributed by atoms with E-state index in [1.54, 1.807) is 0 Å². The predicted octanol–water partition coefficient (Wildman–Crippen LogP) is 5.77. The molecule has 0 aliphatic rings. The summed E-state index contributed by atoms with van der Waals surface area (Å²) in [5.41, 5.74) is -2.21. The van der Waals surface area contributed by atoms with Crippen LogP contribution < -0.4 is 4.74 Å². The maximum Gasteiger partial charge on any atom is 0.419 e. The van der Waals surface area contributed by atoms with E-state index in [1.807, 2.05) is 0 Å². The van der Waals surface area contributed by atoms with Gasteiger partial charge in [0.25, 0.3) is 0 Å². The summed E-state index contributed by atoms with van der Waals surface area (Å²) >= 11 is 5.76. The average Bonchev–Trinajstić information content (AvgIpc) is 2.50. The van der Waals surface area contributed by atoms with Crippen molar-refractivity contribution in [1.29, 1.82) is 0 Å². The van der Waals surface area contributed by atoms with Gasteiger partial charge < -0.3 is 4.74 Å². The minimum Gasteiger partial charge on any atom is -0.488 e. The van der Waals surface area contributed by atoms with E-state index in [-0.39, 0.29) is 22.2 Å². The molecule has 0 aliphatic heterocycles. The fourth-order valence-electron chi connectivity index (χ4n) is 2.04. The molecule has 134 valence electrons. The van der Waals surface area contributed by atoms with Gasteiger partial charge in [-0.3, -0.25) is 4.79 Å². The Hall–Kier alpha value is -2.22. The molecule has 0 unspecified atom stereocenters. The number of ether oxygens (including phenoxy) is 1. The van der Waals surface area contributed by atoms with Gasteiger partial charge in [-0.15, -0.1) is 0 Å². The molecule has 2 rings (SSSR count). The molecular weight excluding hydrogens is 374 g/mol. The van der Waals surface area contributed by atoms with Gasteiger partial charge in [-0.25, -0.2) is 0 Å². The summed E-state index contributed by atoms with van der Waals surface area (Å²) in [4.78, 5) is 10.8. The zero-order valence-corrected chi connectivity index (χ0v) is 13.0. The first-order valence-corrected chi connectivity index (χ1v) is 7.04. The van der Waals surface area contributed by atoms with E-state index in [9.17, 15) is 31.1 Å². The van der Waals surface area contributed by atoms with Gasteiger partial charge in [0.15, 0.2) is 0 Å². The molecule has 9 heteroatoms. The Morgan fingerprint density at radius 1 is 0.960 bits per heavy atom. The van der Waals surface area contributed by atoms with Crippen molar-refractivity contribution in [1.82, 2.24) is 0 Å².